The van der Waals surface area contributed by atoms with E-state index in [1.165, 1.54) is 69.6 Å². The molecule has 0 aromatic heterocycles. The van der Waals surface area contributed by atoms with Gasteiger partial charge in [0.25, 0.3) is 0 Å². The zero-order valence-electron chi connectivity index (χ0n) is 25.2. The van der Waals surface area contributed by atoms with E-state index >= 15 is 0 Å². The Morgan fingerprint density at radius 1 is 0.523 bits per heavy atom. The third kappa shape index (κ3) is 3.44. The summed E-state index contributed by atoms with van der Waals surface area (Å²) in [5, 5.41) is 5.95. The van der Waals surface area contributed by atoms with Crippen LogP contribution >= 0.6 is 11.8 Å². The zero-order valence-corrected chi connectivity index (χ0v) is 27.0. The number of benzene rings is 6. The lowest BCUT2D eigenvalue weighted by Crippen LogP contribution is -2.88. The highest BCUT2D eigenvalue weighted by atomic mass is 32.2. The standard InChI is InChI=1S/C40H32BNSSi/c1-40(2,3)27-23-25-28(26-24-27)42-31-17-10-19-33-37(31)41-38-32(42)18-11-21-35(38)44(29-13-6-4-7-14-29,30-15-8-5-9-16-30)36-22-12-20-34(43-33)39(36)41/h4-26H,1-3H3. The van der Waals surface area contributed by atoms with E-state index in [9.17, 15) is 0 Å². The summed E-state index contributed by atoms with van der Waals surface area (Å²) >= 11 is 1.96. The Morgan fingerprint density at radius 3 is 1.66 bits per heavy atom. The molecule has 6 aromatic carbocycles. The van der Waals surface area contributed by atoms with Gasteiger partial charge in [0, 0.05) is 26.9 Å². The van der Waals surface area contributed by atoms with E-state index in [1.807, 2.05) is 11.8 Å². The van der Waals surface area contributed by atoms with Crippen molar-refractivity contribution in [2.45, 2.75) is 36.0 Å². The Morgan fingerprint density at radius 2 is 1.05 bits per heavy atom. The van der Waals surface area contributed by atoms with Gasteiger partial charge in [0.15, 0.2) is 8.07 Å². The molecule has 0 saturated heterocycles. The van der Waals surface area contributed by atoms with Gasteiger partial charge in [-0.3, -0.25) is 0 Å². The molecule has 0 bridgehead atoms. The van der Waals surface area contributed by atoms with Crippen molar-refractivity contribution in [2.24, 2.45) is 0 Å². The van der Waals surface area contributed by atoms with Gasteiger partial charge in [0.1, 0.15) is 0 Å². The predicted molar refractivity (Wildman–Crippen MR) is 192 cm³/mol. The van der Waals surface area contributed by atoms with Crippen LogP contribution in [0.5, 0.6) is 0 Å². The minimum atomic E-state index is -2.66. The number of hydrogen-bond donors (Lipinski definition) is 0. The maximum atomic E-state index is 2.55. The molecular weight excluding hydrogens is 565 g/mol. The first-order valence-electron chi connectivity index (χ1n) is 15.6. The summed E-state index contributed by atoms with van der Waals surface area (Å²) in [6.45, 7) is 7.09. The number of anilines is 3. The van der Waals surface area contributed by atoms with Gasteiger partial charge in [-0.2, -0.15) is 0 Å². The van der Waals surface area contributed by atoms with E-state index in [1.54, 1.807) is 0 Å². The molecule has 44 heavy (non-hydrogen) atoms. The summed E-state index contributed by atoms with van der Waals surface area (Å²) in [6.07, 6.45) is 0. The SMILES string of the molecule is CC(C)(C)c1ccc(N2c3cccc4c3B3c5c(cccc5[Si](c5ccccc5)(c5ccccc5)c5cccc2c53)S4)cc1. The van der Waals surface area contributed by atoms with Crippen LogP contribution in [-0.2, 0) is 5.41 Å². The summed E-state index contributed by atoms with van der Waals surface area (Å²) in [4.78, 5) is 5.33. The maximum Gasteiger partial charge on any atom is 0.249 e. The molecule has 0 fully saturated rings. The summed E-state index contributed by atoms with van der Waals surface area (Å²) in [5.41, 5.74) is 9.79. The Bertz CT molecular complexity index is 2040. The Hall–Kier alpha value is -4.25. The second kappa shape index (κ2) is 9.38. The molecule has 0 unspecified atom stereocenters. The first-order chi connectivity index (χ1) is 21.5. The van der Waals surface area contributed by atoms with Crippen molar-refractivity contribution in [3.05, 3.63) is 145 Å². The van der Waals surface area contributed by atoms with Gasteiger partial charge in [-0.25, -0.2) is 0 Å². The molecule has 0 radical (unpaired) electrons. The van der Waals surface area contributed by atoms with E-state index in [4.69, 9.17) is 0 Å². The van der Waals surface area contributed by atoms with Crippen molar-refractivity contribution < 1.29 is 0 Å². The van der Waals surface area contributed by atoms with Gasteiger partial charge in [-0.15, -0.1) is 0 Å². The molecule has 0 N–H and O–H groups in total. The van der Waals surface area contributed by atoms with Crippen molar-refractivity contribution in [1.29, 1.82) is 0 Å². The Balaban J connectivity index is 1.42. The molecule has 0 spiro atoms. The molecule has 6 aromatic rings. The van der Waals surface area contributed by atoms with Gasteiger partial charge in [-0.1, -0.05) is 141 Å². The second-order valence-electron chi connectivity index (χ2n) is 13.3. The summed E-state index contributed by atoms with van der Waals surface area (Å²) < 4.78 is 0. The fourth-order valence-electron chi connectivity index (χ4n) is 8.12. The lowest BCUT2D eigenvalue weighted by Gasteiger charge is -2.49. The average Bonchev–Trinajstić information content (AvgIpc) is 3.06. The third-order valence-corrected chi connectivity index (χ3v) is 16.0. The summed E-state index contributed by atoms with van der Waals surface area (Å²) in [7, 11) is -2.66. The highest BCUT2D eigenvalue weighted by Gasteiger charge is 2.55. The third-order valence-electron chi connectivity index (χ3n) is 9.97. The fourth-order valence-corrected chi connectivity index (χ4v) is 14.7. The quantitative estimate of drug-likeness (QED) is 0.250. The van der Waals surface area contributed by atoms with Gasteiger partial charge in [0.2, 0.25) is 6.71 Å². The average molecular weight is 598 g/mol. The first-order valence-corrected chi connectivity index (χ1v) is 18.4. The molecule has 1 nitrogen and oxygen atoms in total. The minimum Gasteiger partial charge on any atom is -0.311 e. The van der Waals surface area contributed by atoms with Crippen LogP contribution in [0.2, 0.25) is 0 Å². The van der Waals surface area contributed by atoms with Crippen molar-refractivity contribution in [3.8, 4) is 0 Å². The van der Waals surface area contributed by atoms with E-state index in [0.717, 1.165) is 0 Å². The first kappa shape index (κ1) is 26.2. The van der Waals surface area contributed by atoms with Crippen LogP contribution in [0.25, 0.3) is 0 Å². The second-order valence-corrected chi connectivity index (χ2v) is 18.1. The molecule has 4 heteroatoms. The highest BCUT2D eigenvalue weighted by Crippen LogP contribution is 2.42. The van der Waals surface area contributed by atoms with Gasteiger partial charge in [-0.05, 0) is 79.0 Å². The van der Waals surface area contributed by atoms with Gasteiger partial charge >= 0.3 is 0 Å². The van der Waals surface area contributed by atoms with Crippen molar-refractivity contribution in [2.75, 3.05) is 4.90 Å². The lowest BCUT2D eigenvalue weighted by molar-refractivity contribution is 0.590. The zero-order chi connectivity index (χ0) is 29.6. The molecule has 0 aliphatic carbocycles. The number of rotatable bonds is 3. The van der Waals surface area contributed by atoms with Crippen LogP contribution in [0.4, 0.5) is 17.1 Å². The van der Waals surface area contributed by atoms with Crippen LogP contribution in [0.3, 0.4) is 0 Å². The molecule has 3 aliphatic heterocycles. The molecular formula is C40H32BNSSi. The number of hydrogen-bond acceptors (Lipinski definition) is 2. The van der Waals surface area contributed by atoms with Crippen molar-refractivity contribution in [1.82, 2.24) is 0 Å². The largest absolute Gasteiger partial charge is 0.311 e. The van der Waals surface area contributed by atoms with E-state index < -0.39 is 8.07 Å². The predicted octanol–water partition coefficient (Wildman–Crippen LogP) is 5.44. The van der Waals surface area contributed by atoms with E-state index in [2.05, 4.69) is 165 Å². The monoisotopic (exact) mass is 597 g/mol. The van der Waals surface area contributed by atoms with Crippen LogP contribution < -0.4 is 42.0 Å². The van der Waals surface area contributed by atoms with E-state index in [-0.39, 0.29) is 12.1 Å². The molecule has 3 heterocycles. The van der Waals surface area contributed by atoms with Crippen LogP contribution in [-0.4, -0.2) is 14.8 Å². The van der Waals surface area contributed by atoms with Gasteiger partial charge in [0.05, 0.1) is 0 Å². The van der Waals surface area contributed by atoms with Crippen molar-refractivity contribution >= 4 is 80.7 Å². The highest BCUT2D eigenvalue weighted by molar-refractivity contribution is 8.00. The van der Waals surface area contributed by atoms with Gasteiger partial charge < -0.3 is 4.90 Å². The fraction of sp³-hybridized carbons (Fsp3) is 0.100. The molecule has 210 valence electrons. The van der Waals surface area contributed by atoms with Crippen molar-refractivity contribution in [3.63, 3.8) is 0 Å². The molecule has 0 saturated carbocycles. The molecule has 3 aliphatic rings. The van der Waals surface area contributed by atoms with E-state index in [0.29, 0.717) is 0 Å². The van der Waals surface area contributed by atoms with Crippen LogP contribution in [0, 0.1) is 0 Å². The Kier molecular flexibility index (Phi) is 5.58. The topological polar surface area (TPSA) is 3.24 Å². The lowest BCUT2D eigenvalue weighted by atomic mass is 9.34. The summed E-state index contributed by atoms with van der Waals surface area (Å²) in [6, 6.07) is 53.3. The minimum absolute atomic E-state index is 0.108. The van der Waals surface area contributed by atoms with Crippen LogP contribution in [0.1, 0.15) is 26.3 Å². The van der Waals surface area contributed by atoms with Crippen LogP contribution in [0.15, 0.2) is 149 Å². The Labute approximate surface area is 265 Å². The molecule has 0 amide bonds. The maximum absolute atomic E-state index is 2.66. The molecule has 0 atom stereocenters. The smallest absolute Gasteiger partial charge is 0.249 e. The normalized spacial score (nSPS) is 15.2. The number of nitrogens with zero attached hydrogens (tertiary/aromatic N) is 1. The molecule has 9 rings (SSSR count). The summed E-state index contributed by atoms with van der Waals surface area (Å²) in [5.74, 6) is 0.